The number of carbonyl (C=O) groups is 1. The molecule has 0 spiro atoms. The van der Waals surface area contributed by atoms with Crippen LogP contribution in [-0.4, -0.2) is 45.8 Å². The lowest BCUT2D eigenvalue weighted by Crippen LogP contribution is -2.43. The first kappa shape index (κ1) is 12.5. The summed E-state index contributed by atoms with van der Waals surface area (Å²) in [5.41, 5.74) is 7.61. The Balaban J connectivity index is 1.75. The quantitative estimate of drug-likeness (QED) is 0.803. The first-order valence-corrected chi connectivity index (χ1v) is 6.92. The van der Waals surface area contributed by atoms with Crippen LogP contribution in [0.5, 0.6) is 0 Å². The molecule has 3 rings (SSSR count). The zero-order valence-corrected chi connectivity index (χ0v) is 11.5. The number of aryl methyl sites for hydroxylation is 2. The first-order chi connectivity index (χ1) is 9.08. The highest BCUT2D eigenvalue weighted by Gasteiger charge is 2.38. The molecule has 6 heteroatoms. The molecule has 0 aromatic carbocycles. The lowest BCUT2D eigenvalue weighted by molar-refractivity contribution is 0.0921. The maximum atomic E-state index is 12.4. The number of nitrogens with two attached hydrogens (primary N) is 1. The Hall–Kier alpha value is -1.56. The van der Waals surface area contributed by atoms with E-state index >= 15 is 0 Å². The molecule has 2 fully saturated rings. The van der Waals surface area contributed by atoms with Crippen molar-refractivity contribution in [1.82, 2.24) is 20.0 Å². The van der Waals surface area contributed by atoms with E-state index in [-0.39, 0.29) is 11.9 Å². The van der Waals surface area contributed by atoms with Crippen LogP contribution in [-0.2, 0) is 7.05 Å². The predicted molar refractivity (Wildman–Crippen MR) is 72.8 cm³/mol. The minimum Gasteiger partial charge on any atom is -0.395 e. The van der Waals surface area contributed by atoms with Crippen LogP contribution in [0, 0.1) is 6.92 Å². The van der Waals surface area contributed by atoms with Gasteiger partial charge in [0, 0.05) is 25.7 Å². The van der Waals surface area contributed by atoms with E-state index in [9.17, 15) is 4.79 Å². The number of fused-ring (bicyclic) bond motifs is 1. The lowest BCUT2D eigenvalue weighted by atomic mass is 10.1. The van der Waals surface area contributed by atoms with Crippen molar-refractivity contribution in [2.24, 2.45) is 7.05 Å². The minimum absolute atomic E-state index is 0.0978. The highest BCUT2D eigenvalue weighted by molar-refractivity contribution is 5.98. The van der Waals surface area contributed by atoms with Crippen LogP contribution in [0.3, 0.4) is 0 Å². The van der Waals surface area contributed by atoms with Gasteiger partial charge in [0.05, 0.1) is 11.4 Å². The van der Waals surface area contributed by atoms with Gasteiger partial charge < -0.3 is 11.1 Å². The van der Waals surface area contributed by atoms with Crippen molar-refractivity contribution in [2.75, 3.05) is 18.8 Å². The van der Waals surface area contributed by atoms with Crippen LogP contribution < -0.4 is 11.1 Å². The molecular weight excluding hydrogens is 242 g/mol. The average molecular weight is 263 g/mol. The maximum absolute atomic E-state index is 12.4. The summed E-state index contributed by atoms with van der Waals surface area (Å²) in [5.74, 6) is -0.0978. The van der Waals surface area contributed by atoms with E-state index in [1.807, 2.05) is 6.92 Å². The zero-order chi connectivity index (χ0) is 13.6. The number of hydrogen-bond acceptors (Lipinski definition) is 4. The molecule has 0 aliphatic carbocycles. The Labute approximate surface area is 112 Å². The van der Waals surface area contributed by atoms with Gasteiger partial charge in [0.1, 0.15) is 5.69 Å². The molecule has 0 bridgehead atoms. The molecule has 2 aliphatic heterocycles. The van der Waals surface area contributed by atoms with Gasteiger partial charge in [-0.2, -0.15) is 5.10 Å². The number of carbonyl (C=O) groups excluding carboxylic acids is 1. The second kappa shape index (κ2) is 4.52. The van der Waals surface area contributed by atoms with Crippen LogP contribution in [0.25, 0.3) is 0 Å². The molecule has 0 radical (unpaired) electrons. The molecule has 1 aromatic heterocycles. The number of rotatable bonds is 2. The van der Waals surface area contributed by atoms with Crippen molar-refractivity contribution < 1.29 is 4.79 Å². The summed E-state index contributed by atoms with van der Waals surface area (Å²) in [7, 11) is 1.76. The van der Waals surface area contributed by atoms with Crippen LogP contribution in [0.15, 0.2) is 0 Å². The van der Waals surface area contributed by atoms with E-state index < -0.39 is 0 Å². The summed E-state index contributed by atoms with van der Waals surface area (Å²) in [6.45, 7) is 4.08. The Kier molecular flexibility index (Phi) is 2.97. The third-order valence-corrected chi connectivity index (χ3v) is 4.41. The fourth-order valence-corrected chi connectivity index (χ4v) is 3.43. The van der Waals surface area contributed by atoms with E-state index in [4.69, 9.17) is 5.73 Å². The lowest BCUT2D eigenvalue weighted by Gasteiger charge is -2.21. The van der Waals surface area contributed by atoms with Gasteiger partial charge in [0.25, 0.3) is 5.91 Å². The molecule has 19 heavy (non-hydrogen) atoms. The Morgan fingerprint density at radius 2 is 2.21 bits per heavy atom. The molecule has 104 valence electrons. The second-order valence-corrected chi connectivity index (χ2v) is 5.59. The summed E-state index contributed by atoms with van der Waals surface area (Å²) < 4.78 is 1.57. The summed E-state index contributed by atoms with van der Waals surface area (Å²) in [6, 6.07) is 0.768. The van der Waals surface area contributed by atoms with Crippen LogP contribution >= 0.6 is 0 Å². The monoisotopic (exact) mass is 263 g/mol. The largest absolute Gasteiger partial charge is 0.395 e. The Bertz CT molecular complexity index is 509. The van der Waals surface area contributed by atoms with Crippen molar-refractivity contribution in [2.45, 2.75) is 38.3 Å². The van der Waals surface area contributed by atoms with Gasteiger partial charge in [-0.3, -0.25) is 14.4 Å². The fourth-order valence-electron chi connectivity index (χ4n) is 3.43. The van der Waals surface area contributed by atoms with Crippen molar-refractivity contribution in [3.05, 3.63) is 11.4 Å². The summed E-state index contributed by atoms with van der Waals surface area (Å²) in [4.78, 5) is 14.8. The predicted octanol–water partition coefficient (Wildman–Crippen LogP) is 0.277. The smallest absolute Gasteiger partial charge is 0.271 e. The molecule has 3 N–H and O–H groups in total. The number of nitrogens with zero attached hydrogens (tertiary/aromatic N) is 3. The number of amides is 1. The van der Waals surface area contributed by atoms with Crippen LogP contribution in [0.2, 0.25) is 0 Å². The van der Waals surface area contributed by atoms with Gasteiger partial charge in [-0.05, 0) is 32.7 Å². The van der Waals surface area contributed by atoms with E-state index in [0.717, 1.165) is 13.0 Å². The summed E-state index contributed by atoms with van der Waals surface area (Å²) in [5, 5.41) is 7.33. The van der Waals surface area contributed by atoms with Gasteiger partial charge in [0.15, 0.2) is 0 Å². The molecule has 0 saturated carbocycles. The molecule has 1 amide bonds. The molecule has 6 nitrogen and oxygen atoms in total. The Morgan fingerprint density at radius 3 is 2.89 bits per heavy atom. The third kappa shape index (κ3) is 2.00. The molecule has 2 atom stereocenters. The zero-order valence-electron chi connectivity index (χ0n) is 11.5. The average Bonchev–Trinajstić information content (AvgIpc) is 2.99. The molecule has 2 unspecified atom stereocenters. The first-order valence-electron chi connectivity index (χ1n) is 6.92. The fraction of sp³-hybridized carbons (Fsp3) is 0.692. The standard InChI is InChI=1S/C13H21N5O/c1-8-11(14)12(17(2)16-8)13(19)15-9-5-7-18-6-3-4-10(9)18/h9-10H,3-7,14H2,1-2H3,(H,15,19). The van der Waals surface area contributed by atoms with E-state index in [1.54, 1.807) is 11.7 Å². The third-order valence-electron chi connectivity index (χ3n) is 4.41. The van der Waals surface area contributed by atoms with E-state index in [0.29, 0.717) is 23.1 Å². The molecule has 2 saturated heterocycles. The van der Waals surface area contributed by atoms with Crippen LogP contribution in [0.1, 0.15) is 35.4 Å². The summed E-state index contributed by atoms with van der Waals surface area (Å²) in [6.07, 6.45) is 3.46. The molecule has 2 aliphatic rings. The topological polar surface area (TPSA) is 76.2 Å². The van der Waals surface area contributed by atoms with Gasteiger partial charge >= 0.3 is 0 Å². The highest BCUT2D eigenvalue weighted by Crippen LogP contribution is 2.28. The molecule has 3 heterocycles. The van der Waals surface area contributed by atoms with Crippen LogP contribution in [0.4, 0.5) is 5.69 Å². The normalized spacial score (nSPS) is 26.6. The molecular formula is C13H21N5O. The minimum atomic E-state index is -0.0978. The van der Waals surface area contributed by atoms with Crippen molar-refractivity contribution in [1.29, 1.82) is 0 Å². The number of hydrogen-bond donors (Lipinski definition) is 2. The van der Waals surface area contributed by atoms with Gasteiger partial charge in [-0.25, -0.2) is 0 Å². The Morgan fingerprint density at radius 1 is 1.42 bits per heavy atom. The molecule has 1 aromatic rings. The van der Waals surface area contributed by atoms with Crippen molar-refractivity contribution >= 4 is 11.6 Å². The van der Waals surface area contributed by atoms with Gasteiger partial charge in [0.2, 0.25) is 0 Å². The maximum Gasteiger partial charge on any atom is 0.271 e. The van der Waals surface area contributed by atoms with Gasteiger partial charge in [-0.1, -0.05) is 0 Å². The van der Waals surface area contributed by atoms with E-state index in [2.05, 4.69) is 15.3 Å². The second-order valence-electron chi connectivity index (χ2n) is 5.59. The number of nitrogens with one attached hydrogen (secondary N) is 1. The van der Waals surface area contributed by atoms with Crippen molar-refractivity contribution in [3.63, 3.8) is 0 Å². The highest BCUT2D eigenvalue weighted by atomic mass is 16.2. The summed E-state index contributed by atoms with van der Waals surface area (Å²) >= 11 is 0. The SMILES string of the molecule is Cc1nn(C)c(C(=O)NC2CCN3CCCC23)c1N. The number of aromatic nitrogens is 2. The number of nitrogen functional groups attached to an aromatic ring is 1. The van der Waals surface area contributed by atoms with Gasteiger partial charge in [-0.15, -0.1) is 0 Å². The van der Waals surface area contributed by atoms with Crippen molar-refractivity contribution in [3.8, 4) is 0 Å². The van der Waals surface area contributed by atoms with E-state index in [1.165, 1.54) is 19.4 Å². The number of anilines is 1.